The van der Waals surface area contributed by atoms with Gasteiger partial charge in [0.05, 0.1) is 13.2 Å². The highest BCUT2D eigenvalue weighted by molar-refractivity contribution is 4.80. The Morgan fingerprint density at radius 1 is 1.17 bits per heavy atom. The minimum absolute atomic E-state index is 0.147. The Balaban J connectivity index is 1.88. The standard InChI is InChI=1S/C10H18O2/c1-2-9-7-11-10(12-8-9)5-3-4-6-10/h9H,2-8H2,1H3. The topological polar surface area (TPSA) is 18.5 Å². The van der Waals surface area contributed by atoms with Crippen LogP contribution in [0.3, 0.4) is 0 Å². The van der Waals surface area contributed by atoms with Gasteiger partial charge in [-0.2, -0.15) is 0 Å². The van der Waals surface area contributed by atoms with Crippen LogP contribution in [-0.2, 0) is 9.47 Å². The first-order valence-electron chi connectivity index (χ1n) is 5.12. The minimum atomic E-state index is -0.147. The highest BCUT2D eigenvalue weighted by Crippen LogP contribution is 2.37. The molecule has 0 aromatic heterocycles. The Hall–Kier alpha value is -0.0800. The first-order chi connectivity index (χ1) is 5.85. The molecule has 2 rings (SSSR count). The van der Waals surface area contributed by atoms with Crippen molar-refractivity contribution in [2.24, 2.45) is 5.92 Å². The van der Waals surface area contributed by atoms with Gasteiger partial charge in [0.1, 0.15) is 0 Å². The van der Waals surface area contributed by atoms with Crippen molar-refractivity contribution in [3.05, 3.63) is 0 Å². The predicted molar refractivity (Wildman–Crippen MR) is 46.9 cm³/mol. The number of rotatable bonds is 1. The van der Waals surface area contributed by atoms with Crippen LogP contribution in [0, 0.1) is 5.92 Å². The maximum atomic E-state index is 5.81. The van der Waals surface area contributed by atoms with Crippen LogP contribution in [0.15, 0.2) is 0 Å². The van der Waals surface area contributed by atoms with E-state index in [1.807, 2.05) is 0 Å². The lowest BCUT2D eigenvalue weighted by Crippen LogP contribution is -2.41. The van der Waals surface area contributed by atoms with Crippen LogP contribution >= 0.6 is 0 Å². The Bertz CT molecular complexity index is 140. The van der Waals surface area contributed by atoms with E-state index in [-0.39, 0.29) is 5.79 Å². The number of ether oxygens (including phenoxy) is 2. The van der Waals surface area contributed by atoms with Crippen LogP contribution < -0.4 is 0 Å². The molecule has 0 bridgehead atoms. The summed E-state index contributed by atoms with van der Waals surface area (Å²) < 4.78 is 11.6. The summed E-state index contributed by atoms with van der Waals surface area (Å²) in [6.45, 7) is 4.02. The lowest BCUT2D eigenvalue weighted by molar-refractivity contribution is -0.278. The summed E-state index contributed by atoms with van der Waals surface area (Å²) in [5.74, 6) is 0.488. The van der Waals surface area contributed by atoms with Gasteiger partial charge in [0.25, 0.3) is 0 Å². The third-order valence-electron chi connectivity index (χ3n) is 3.11. The normalized spacial score (nSPS) is 29.8. The largest absolute Gasteiger partial charge is 0.350 e. The first kappa shape index (κ1) is 8.52. The molecule has 1 heterocycles. The fraction of sp³-hybridized carbons (Fsp3) is 1.00. The smallest absolute Gasteiger partial charge is 0.168 e. The van der Waals surface area contributed by atoms with E-state index in [0.29, 0.717) is 5.92 Å². The molecule has 1 saturated heterocycles. The van der Waals surface area contributed by atoms with E-state index in [2.05, 4.69) is 6.92 Å². The summed E-state index contributed by atoms with van der Waals surface area (Å²) in [4.78, 5) is 0. The molecule has 0 amide bonds. The molecule has 2 fully saturated rings. The highest BCUT2D eigenvalue weighted by atomic mass is 16.7. The van der Waals surface area contributed by atoms with E-state index in [0.717, 1.165) is 26.1 Å². The molecule has 1 aliphatic heterocycles. The van der Waals surface area contributed by atoms with E-state index in [4.69, 9.17) is 9.47 Å². The van der Waals surface area contributed by atoms with E-state index in [1.54, 1.807) is 0 Å². The van der Waals surface area contributed by atoms with Crippen LogP contribution in [0.5, 0.6) is 0 Å². The van der Waals surface area contributed by atoms with Crippen molar-refractivity contribution in [2.45, 2.75) is 44.8 Å². The molecule has 0 aromatic rings. The zero-order chi connectivity index (χ0) is 8.44. The molecule has 2 nitrogen and oxygen atoms in total. The number of hydrogen-bond donors (Lipinski definition) is 0. The third kappa shape index (κ3) is 1.50. The van der Waals surface area contributed by atoms with Crippen molar-refractivity contribution < 1.29 is 9.47 Å². The minimum Gasteiger partial charge on any atom is -0.350 e. The molecule has 70 valence electrons. The molecule has 2 heteroatoms. The maximum absolute atomic E-state index is 5.81. The zero-order valence-corrected chi connectivity index (χ0v) is 7.84. The van der Waals surface area contributed by atoms with Crippen molar-refractivity contribution in [3.8, 4) is 0 Å². The maximum Gasteiger partial charge on any atom is 0.168 e. The van der Waals surface area contributed by atoms with Crippen molar-refractivity contribution in [2.75, 3.05) is 13.2 Å². The summed E-state index contributed by atoms with van der Waals surface area (Å²) in [7, 11) is 0. The molecular formula is C10H18O2. The van der Waals surface area contributed by atoms with Gasteiger partial charge in [0, 0.05) is 18.8 Å². The van der Waals surface area contributed by atoms with E-state index in [1.165, 1.54) is 19.3 Å². The molecule has 2 aliphatic rings. The fourth-order valence-corrected chi connectivity index (χ4v) is 2.07. The first-order valence-corrected chi connectivity index (χ1v) is 5.12. The van der Waals surface area contributed by atoms with E-state index >= 15 is 0 Å². The van der Waals surface area contributed by atoms with E-state index in [9.17, 15) is 0 Å². The second-order valence-corrected chi connectivity index (χ2v) is 4.01. The molecule has 0 aromatic carbocycles. The molecule has 12 heavy (non-hydrogen) atoms. The summed E-state index contributed by atoms with van der Waals surface area (Å²) in [5.41, 5.74) is 0. The Morgan fingerprint density at radius 3 is 2.25 bits per heavy atom. The molecular weight excluding hydrogens is 152 g/mol. The summed E-state index contributed by atoms with van der Waals surface area (Å²) in [5, 5.41) is 0. The highest BCUT2D eigenvalue weighted by Gasteiger charge is 2.39. The second-order valence-electron chi connectivity index (χ2n) is 4.01. The van der Waals surface area contributed by atoms with Gasteiger partial charge in [-0.3, -0.25) is 0 Å². The van der Waals surface area contributed by atoms with Gasteiger partial charge in [-0.25, -0.2) is 0 Å². The molecule has 0 unspecified atom stereocenters. The lowest BCUT2D eigenvalue weighted by Gasteiger charge is -2.37. The molecule has 0 radical (unpaired) electrons. The average molecular weight is 170 g/mol. The van der Waals surface area contributed by atoms with Crippen molar-refractivity contribution in [3.63, 3.8) is 0 Å². The van der Waals surface area contributed by atoms with Gasteiger partial charge in [-0.05, 0) is 19.3 Å². The lowest BCUT2D eigenvalue weighted by atomic mass is 10.1. The van der Waals surface area contributed by atoms with E-state index < -0.39 is 0 Å². The van der Waals surface area contributed by atoms with Crippen LogP contribution in [0.4, 0.5) is 0 Å². The van der Waals surface area contributed by atoms with Crippen LogP contribution in [-0.4, -0.2) is 19.0 Å². The van der Waals surface area contributed by atoms with Gasteiger partial charge in [-0.15, -0.1) is 0 Å². The Morgan fingerprint density at radius 2 is 1.75 bits per heavy atom. The predicted octanol–water partition coefficient (Wildman–Crippen LogP) is 2.33. The van der Waals surface area contributed by atoms with Gasteiger partial charge in [0.15, 0.2) is 5.79 Å². The van der Waals surface area contributed by atoms with Gasteiger partial charge < -0.3 is 9.47 Å². The van der Waals surface area contributed by atoms with Crippen LogP contribution in [0.1, 0.15) is 39.0 Å². The quantitative estimate of drug-likeness (QED) is 0.601. The molecule has 0 N–H and O–H groups in total. The van der Waals surface area contributed by atoms with Crippen LogP contribution in [0.25, 0.3) is 0 Å². The zero-order valence-electron chi connectivity index (χ0n) is 7.84. The molecule has 0 atom stereocenters. The van der Waals surface area contributed by atoms with Gasteiger partial charge >= 0.3 is 0 Å². The van der Waals surface area contributed by atoms with Crippen molar-refractivity contribution in [1.29, 1.82) is 0 Å². The second kappa shape index (κ2) is 3.35. The fourth-order valence-electron chi connectivity index (χ4n) is 2.07. The van der Waals surface area contributed by atoms with Crippen molar-refractivity contribution >= 4 is 0 Å². The summed E-state index contributed by atoms with van der Waals surface area (Å²) in [6.07, 6.45) is 5.95. The Kier molecular flexibility index (Phi) is 2.37. The SMILES string of the molecule is CCC1COC2(CCCC2)OC1. The molecule has 1 spiro atoms. The monoisotopic (exact) mass is 170 g/mol. The Labute approximate surface area is 74.2 Å². The summed E-state index contributed by atoms with van der Waals surface area (Å²) in [6, 6.07) is 0. The molecule has 1 aliphatic carbocycles. The molecule has 1 saturated carbocycles. The van der Waals surface area contributed by atoms with Gasteiger partial charge in [-0.1, -0.05) is 6.92 Å². The van der Waals surface area contributed by atoms with Gasteiger partial charge in [0.2, 0.25) is 0 Å². The van der Waals surface area contributed by atoms with Crippen molar-refractivity contribution in [1.82, 2.24) is 0 Å². The third-order valence-corrected chi connectivity index (χ3v) is 3.11. The van der Waals surface area contributed by atoms with Crippen LogP contribution in [0.2, 0.25) is 0 Å². The summed E-state index contributed by atoms with van der Waals surface area (Å²) >= 11 is 0. The average Bonchev–Trinajstić information content (AvgIpc) is 2.55. The number of hydrogen-bond acceptors (Lipinski definition) is 2.